The summed E-state index contributed by atoms with van der Waals surface area (Å²) in [7, 11) is 1.28. The van der Waals surface area contributed by atoms with Crippen LogP contribution in [0, 0.1) is 23.7 Å². The van der Waals surface area contributed by atoms with Gasteiger partial charge in [-0.25, -0.2) is 4.79 Å². The number of benzene rings is 1. The second-order valence-corrected chi connectivity index (χ2v) is 12.1. The van der Waals surface area contributed by atoms with Crippen LogP contribution in [0.2, 0.25) is 0 Å². The van der Waals surface area contributed by atoms with Crippen molar-refractivity contribution in [3.63, 3.8) is 0 Å². The number of carbonyl (C=O) groups excluding carboxylic acids is 5. The first kappa shape index (κ1) is 36.5. The average molecular weight is 613 g/mol. The topological polar surface area (TPSA) is 143 Å². The predicted molar refractivity (Wildman–Crippen MR) is 171 cm³/mol. The Morgan fingerprint density at radius 3 is 1.75 bits per heavy atom. The van der Waals surface area contributed by atoms with Crippen LogP contribution in [0.15, 0.2) is 30.3 Å². The van der Waals surface area contributed by atoms with Gasteiger partial charge in [-0.15, -0.1) is 0 Å². The number of ether oxygens (including phenoxy) is 1. The molecule has 0 saturated carbocycles. The van der Waals surface area contributed by atoms with Crippen LogP contribution in [0.3, 0.4) is 0 Å². The molecule has 2 rings (SSSR count). The van der Waals surface area contributed by atoms with Gasteiger partial charge in [0.15, 0.2) is 0 Å². The molecule has 10 nitrogen and oxygen atoms in total. The lowest BCUT2D eigenvalue weighted by Gasteiger charge is -2.33. The minimum Gasteiger partial charge on any atom is -0.467 e. The highest BCUT2D eigenvalue weighted by atomic mass is 16.5. The smallest absolute Gasteiger partial charge is 0.328 e. The van der Waals surface area contributed by atoms with Crippen LogP contribution in [-0.4, -0.2) is 60.9 Å². The number of fused-ring (bicyclic) bond motifs is 1. The summed E-state index contributed by atoms with van der Waals surface area (Å²) in [6.07, 6.45) is 4.10. The number of rotatable bonds is 15. The van der Waals surface area contributed by atoms with Crippen LogP contribution >= 0.6 is 0 Å². The zero-order valence-electron chi connectivity index (χ0n) is 27.8. The van der Waals surface area contributed by atoms with E-state index in [1.165, 1.54) is 13.2 Å². The van der Waals surface area contributed by atoms with Crippen molar-refractivity contribution in [3.8, 4) is 0 Å². The second-order valence-electron chi connectivity index (χ2n) is 12.1. The normalized spacial score (nSPS) is 20.1. The lowest BCUT2D eigenvalue weighted by Crippen LogP contribution is -2.59. The Kier molecular flexibility index (Phi) is 14.1. The first-order chi connectivity index (χ1) is 20.8. The van der Waals surface area contributed by atoms with Gasteiger partial charge in [0.25, 0.3) is 5.91 Å². The number of amides is 4. The zero-order chi connectivity index (χ0) is 33.1. The van der Waals surface area contributed by atoms with Gasteiger partial charge in [0.05, 0.1) is 13.2 Å². The minimum atomic E-state index is -0.930. The molecule has 10 heteroatoms. The highest BCUT2D eigenvalue weighted by Gasteiger charge is 2.36. The summed E-state index contributed by atoms with van der Waals surface area (Å²) < 4.78 is 4.91. The van der Waals surface area contributed by atoms with Crippen LogP contribution < -0.4 is 21.3 Å². The Morgan fingerprint density at radius 2 is 1.25 bits per heavy atom. The van der Waals surface area contributed by atoms with Crippen molar-refractivity contribution < 1.29 is 28.7 Å². The fourth-order valence-electron chi connectivity index (χ4n) is 5.27. The molecule has 4 N–H and O–H groups in total. The maximum Gasteiger partial charge on any atom is 0.328 e. The summed E-state index contributed by atoms with van der Waals surface area (Å²) in [5.74, 6) is -2.76. The lowest BCUT2D eigenvalue weighted by atomic mass is 9.82. The molecule has 0 aliphatic carbocycles. The van der Waals surface area contributed by atoms with Gasteiger partial charge >= 0.3 is 5.97 Å². The third-order valence-corrected chi connectivity index (χ3v) is 9.16. The van der Waals surface area contributed by atoms with Gasteiger partial charge < -0.3 is 26.0 Å². The molecule has 8 atom stereocenters. The molecule has 44 heavy (non-hydrogen) atoms. The molecule has 0 saturated heterocycles. The lowest BCUT2D eigenvalue weighted by molar-refractivity contribution is -0.147. The maximum absolute atomic E-state index is 13.8. The number of methoxy groups -OCH3 is 1. The van der Waals surface area contributed by atoms with Crippen molar-refractivity contribution in [1.29, 1.82) is 0 Å². The molecule has 0 fully saturated rings. The zero-order valence-corrected chi connectivity index (χ0v) is 27.8. The van der Waals surface area contributed by atoms with E-state index in [4.69, 9.17) is 4.74 Å². The van der Waals surface area contributed by atoms with Crippen molar-refractivity contribution in [2.45, 2.75) is 105 Å². The molecular formula is C34H52N4O6. The van der Waals surface area contributed by atoms with Gasteiger partial charge in [-0.05, 0) is 40.9 Å². The Bertz CT molecular complexity index is 1210. The van der Waals surface area contributed by atoms with Crippen molar-refractivity contribution >= 4 is 35.2 Å². The average Bonchev–Trinajstić information content (AvgIpc) is 3.03. The molecule has 1 aliphatic rings. The fraction of sp³-hybridized carbons (Fsp3) is 0.618. The first-order valence-electron chi connectivity index (χ1n) is 16.0. The van der Waals surface area contributed by atoms with E-state index < -0.39 is 41.8 Å². The van der Waals surface area contributed by atoms with Crippen LogP contribution in [0.25, 0.3) is 5.57 Å². The third-order valence-electron chi connectivity index (χ3n) is 9.16. The van der Waals surface area contributed by atoms with Gasteiger partial charge in [-0.1, -0.05) is 99.3 Å². The molecule has 1 aromatic carbocycles. The quantitative estimate of drug-likeness (QED) is 0.174. The SMILES string of the molecule is CC[C@H](C)[C@H](NC(=O)/C=C1/c2ccccc2C(=O)N[C@H]1[C@@H](C)CC)C(=O)N[C@H](C(=O)N[C@H](C(=O)OC)[C@@H](C)CC)[C@@H](C)CC. The van der Waals surface area contributed by atoms with E-state index in [0.29, 0.717) is 36.0 Å². The number of hydrogen-bond donors (Lipinski definition) is 4. The summed E-state index contributed by atoms with van der Waals surface area (Å²) in [6, 6.07) is 4.10. The van der Waals surface area contributed by atoms with E-state index in [1.807, 2.05) is 67.5 Å². The molecule has 4 amide bonds. The molecule has 0 radical (unpaired) electrons. The summed E-state index contributed by atoms with van der Waals surface area (Å²) in [4.78, 5) is 66.0. The molecule has 0 aromatic heterocycles. The van der Waals surface area contributed by atoms with E-state index in [1.54, 1.807) is 12.1 Å². The van der Waals surface area contributed by atoms with E-state index in [2.05, 4.69) is 21.3 Å². The molecule has 1 heterocycles. The molecule has 0 unspecified atom stereocenters. The highest BCUT2D eigenvalue weighted by Crippen LogP contribution is 2.31. The number of hydrogen-bond acceptors (Lipinski definition) is 6. The largest absolute Gasteiger partial charge is 0.467 e. The second kappa shape index (κ2) is 17.0. The van der Waals surface area contributed by atoms with Crippen LogP contribution in [0.1, 0.15) is 97.0 Å². The molecule has 0 bridgehead atoms. The molecule has 1 aromatic rings. The molecule has 0 spiro atoms. The monoisotopic (exact) mass is 612 g/mol. The predicted octanol–water partition coefficient (Wildman–Crippen LogP) is 3.99. The maximum atomic E-state index is 13.8. The molecule has 1 aliphatic heterocycles. The van der Waals surface area contributed by atoms with Crippen LogP contribution in [0.5, 0.6) is 0 Å². The van der Waals surface area contributed by atoms with Gasteiger partial charge in [0, 0.05) is 11.6 Å². The summed E-state index contributed by atoms with van der Waals surface area (Å²) in [5, 5.41) is 11.6. The number of esters is 1. The number of carbonyl (C=O) groups is 5. The highest BCUT2D eigenvalue weighted by molar-refractivity contribution is 6.07. The summed E-state index contributed by atoms with van der Waals surface area (Å²) >= 11 is 0. The minimum absolute atomic E-state index is 0.0686. The standard InChI is InChI=1S/C34H52N4O6/c1-10-19(5)27-25(23-16-14-15-17-24(23)31(40)36-27)18-26(39)35-28(20(6)11-2)32(41)37-29(21(7)12-3)33(42)38-30(22(8)13-4)34(43)44-9/h14-22,27-30H,10-13H2,1-9H3,(H,35,39)(H,36,40)(H,37,41)(H,38,42)/b25-18-/t19-,20-,21-,22-,27-,28-,29-,30-/m0/s1. The Labute approximate surface area is 262 Å². The van der Waals surface area contributed by atoms with Gasteiger partial charge in [-0.3, -0.25) is 19.2 Å². The van der Waals surface area contributed by atoms with Crippen LogP contribution in [0.4, 0.5) is 0 Å². The summed E-state index contributed by atoms with van der Waals surface area (Å²) in [6.45, 7) is 15.4. The van der Waals surface area contributed by atoms with Gasteiger partial charge in [0.1, 0.15) is 18.1 Å². The van der Waals surface area contributed by atoms with Crippen molar-refractivity contribution in [1.82, 2.24) is 21.3 Å². The fourth-order valence-corrected chi connectivity index (χ4v) is 5.27. The van der Waals surface area contributed by atoms with Crippen LogP contribution in [-0.2, 0) is 23.9 Å². The van der Waals surface area contributed by atoms with E-state index in [-0.39, 0.29) is 35.6 Å². The van der Waals surface area contributed by atoms with E-state index >= 15 is 0 Å². The van der Waals surface area contributed by atoms with Gasteiger partial charge in [-0.2, -0.15) is 0 Å². The molecular weight excluding hydrogens is 560 g/mol. The van der Waals surface area contributed by atoms with E-state index in [9.17, 15) is 24.0 Å². The van der Waals surface area contributed by atoms with Crippen molar-refractivity contribution in [3.05, 3.63) is 41.5 Å². The Morgan fingerprint density at radius 1 is 0.773 bits per heavy atom. The van der Waals surface area contributed by atoms with Crippen molar-refractivity contribution in [2.75, 3.05) is 7.11 Å². The number of nitrogens with one attached hydrogen (secondary N) is 4. The first-order valence-corrected chi connectivity index (χ1v) is 16.0. The third kappa shape index (κ3) is 8.92. The molecule has 244 valence electrons. The van der Waals surface area contributed by atoms with E-state index in [0.717, 1.165) is 6.42 Å². The Hall–Kier alpha value is -3.69. The van der Waals surface area contributed by atoms with Crippen molar-refractivity contribution in [2.24, 2.45) is 23.7 Å². The summed E-state index contributed by atoms with van der Waals surface area (Å²) in [5.41, 5.74) is 1.87. The van der Waals surface area contributed by atoms with Gasteiger partial charge in [0.2, 0.25) is 17.7 Å². The Balaban J connectivity index is 2.38.